The molecule has 0 aliphatic heterocycles. The Balaban J connectivity index is 1.93. The van der Waals surface area contributed by atoms with Gasteiger partial charge in [-0.2, -0.15) is 0 Å². The van der Waals surface area contributed by atoms with Crippen molar-refractivity contribution >= 4 is 5.78 Å². The lowest BCUT2D eigenvalue weighted by molar-refractivity contribution is 0.0959. The highest BCUT2D eigenvalue weighted by atomic mass is 19.1. The van der Waals surface area contributed by atoms with Gasteiger partial charge in [0.2, 0.25) is 0 Å². The molecule has 2 aromatic carbocycles. The van der Waals surface area contributed by atoms with Crippen LogP contribution in [0.1, 0.15) is 33.8 Å². The van der Waals surface area contributed by atoms with Crippen LogP contribution < -0.4 is 4.74 Å². The number of aryl methyl sites for hydroxylation is 1. The molecule has 3 rings (SSSR count). The summed E-state index contributed by atoms with van der Waals surface area (Å²) in [5.41, 5.74) is 2.71. The molecule has 0 bridgehead atoms. The van der Waals surface area contributed by atoms with Gasteiger partial charge in [0.05, 0.1) is 7.11 Å². The molecule has 0 N–H and O–H groups in total. The Bertz CT molecular complexity index is 664. The molecular weight excluding hydrogens is 255 g/mol. The number of benzene rings is 2. The summed E-state index contributed by atoms with van der Waals surface area (Å²) in [4.78, 5) is 12.6. The quantitative estimate of drug-likeness (QED) is 0.794. The third kappa shape index (κ3) is 2.09. The molecule has 0 saturated carbocycles. The smallest absolute Gasteiger partial charge is 0.170 e. The SMILES string of the molecule is COc1ccc(C(=O)C2CCc3ccccc32)cc1F. The highest BCUT2D eigenvalue weighted by Gasteiger charge is 2.29. The Labute approximate surface area is 117 Å². The van der Waals surface area contributed by atoms with Gasteiger partial charge in [-0.05, 0) is 42.2 Å². The minimum absolute atomic E-state index is 0.0171. The van der Waals surface area contributed by atoms with Crippen molar-refractivity contribution in [2.75, 3.05) is 7.11 Å². The number of hydrogen-bond donors (Lipinski definition) is 0. The van der Waals surface area contributed by atoms with E-state index in [1.54, 1.807) is 6.07 Å². The van der Waals surface area contributed by atoms with Crippen LogP contribution in [-0.2, 0) is 6.42 Å². The number of fused-ring (bicyclic) bond motifs is 1. The van der Waals surface area contributed by atoms with Crippen LogP contribution in [0.2, 0.25) is 0 Å². The van der Waals surface area contributed by atoms with E-state index in [2.05, 4.69) is 6.07 Å². The van der Waals surface area contributed by atoms with Crippen molar-refractivity contribution in [3.05, 3.63) is 65.0 Å². The van der Waals surface area contributed by atoms with Crippen molar-refractivity contribution in [1.82, 2.24) is 0 Å². The summed E-state index contributed by atoms with van der Waals surface area (Å²) in [6.45, 7) is 0. The Morgan fingerprint density at radius 3 is 2.80 bits per heavy atom. The highest BCUT2D eigenvalue weighted by Crippen LogP contribution is 2.35. The Hall–Kier alpha value is -2.16. The number of carbonyl (C=O) groups is 1. The summed E-state index contributed by atoms with van der Waals surface area (Å²) in [7, 11) is 1.41. The van der Waals surface area contributed by atoms with Crippen molar-refractivity contribution in [3.8, 4) is 5.75 Å². The molecule has 3 heteroatoms. The van der Waals surface area contributed by atoms with E-state index >= 15 is 0 Å². The second-order valence-corrected chi connectivity index (χ2v) is 5.00. The second kappa shape index (κ2) is 5.08. The average Bonchev–Trinajstić information content (AvgIpc) is 2.90. The van der Waals surface area contributed by atoms with Gasteiger partial charge < -0.3 is 4.74 Å². The molecule has 0 amide bonds. The molecule has 0 radical (unpaired) electrons. The summed E-state index contributed by atoms with van der Waals surface area (Å²) in [5, 5.41) is 0. The minimum Gasteiger partial charge on any atom is -0.494 e. The van der Waals surface area contributed by atoms with Gasteiger partial charge in [-0.25, -0.2) is 4.39 Å². The molecule has 0 saturated heterocycles. The van der Waals surface area contributed by atoms with Crippen molar-refractivity contribution in [1.29, 1.82) is 0 Å². The fourth-order valence-electron chi connectivity index (χ4n) is 2.85. The zero-order chi connectivity index (χ0) is 14.1. The molecule has 2 nitrogen and oxygen atoms in total. The number of hydrogen-bond acceptors (Lipinski definition) is 2. The number of methoxy groups -OCH3 is 1. The first kappa shape index (κ1) is 12.9. The molecule has 0 heterocycles. The lowest BCUT2D eigenvalue weighted by atomic mass is 9.92. The maximum absolute atomic E-state index is 13.7. The molecule has 0 fully saturated rings. The van der Waals surface area contributed by atoms with E-state index in [0.717, 1.165) is 18.4 Å². The normalized spacial score (nSPS) is 16.8. The van der Waals surface area contributed by atoms with Crippen LogP contribution in [0.25, 0.3) is 0 Å². The number of carbonyl (C=O) groups excluding carboxylic acids is 1. The fourth-order valence-corrected chi connectivity index (χ4v) is 2.85. The lowest BCUT2D eigenvalue weighted by Gasteiger charge is -2.11. The predicted molar refractivity (Wildman–Crippen MR) is 74.8 cm³/mol. The maximum atomic E-state index is 13.7. The van der Waals surface area contributed by atoms with E-state index in [-0.39, 0.29) is 17.5 Å². The van der Waals surface area contributed by atoms with Crippen LogP contribution in [0, 0.1) is 5.82 Å². The van der Waals surface area contributed by atoms with Gasteiger partial charge in [0, 0.05) is 11.5 Å². The van der Waals surface area contributed by atoms with Gasteiger partial charge in [0.1, 0.15) is 0 Å². The van der Waals surface area contributed by atoms with Crippen LogP contribution in [-0.4, -0.2) is 12.9 Å². The Morgan fingerprint density at radius 2 is 2.05 bits per heavy atom. The summed E-state index contributed by atoms with van der Waals surface area (Å²) >= 11 is 0. The van der Waals surface area contributed by atoms with Gasteiger partial charge in [0.25, 0.3) is 0 Å². The standard InChI is InChI=1S/C17H15FO2/c1-20-16-9-7-12(10-15(16)18)17(19)14-8-6-11-4-2-3-5-13(11)14/h2-5,7,9-10,14H,6,8H2,1H3. The Kier molecular flexibility index (Phi) is 3.26. The zero-order valence-electron chi connectivity index (χ0n) is 11.2. The molecule has 0 aromatic heterocycles. The van der Waals surface area contributed by atoms with Crippen molar-refractivity contribution in [2.24, 2.45) is 0 Å². The molecular formula is C17H15FO2. The first-order valence-corrected chi connectivity index (χ1v) is 6.66. The zero-order valence-corrected chi connectivity index (χ0v) is 11.2. The molecule has 1 aliphatic rings. The third-order valence-electron chi connectivity index (χ3n) is 3.89. The molecule has 20 heavy (non-hydrogen) atoms. The van der Waals surface area contributed by atoms with Crippen molar-refractivity contribution < 1.29 is 13.9 Å². The maximum Gasteiger partial charge on any atom is 0.170 e. The summed E-state index contributed by atoms with van der Waals surface area (Å²) in [6, 6.07) is 12.4. The number of ketones is 1. The van der Waals surface area contributed by atoms with Gasteiger partial charge in [-0.15, -0.1) is 0 Å². The van der Waals surface area contributed by atoms with E-state index in [9.17, 15) is 9.18 Å². The summed E-state index contributed by atoms with van der Waals surface area (Å²) in [6.07, 6.45) is 1.71. The summed E-state index contributed by atoms with van der Waals surface area (Å²) < 4.78 is 18.6. The molecule has 1 atom stereocenters. The lowest BCUT2D eigenvalue weighted by Crippen LogP contribution is -2.10. The minimum atomic E-state index is -0.496. The monoisotopic (exact) mass is 270 g/mol. The van der Waals surface area contributed by atoms with E-state index in [1.807, 2.05) is 18.2 Å². The van der Waals surface area contributed by atoms with Gasteiger partial charge >= 0.3 is 0 Å². The van der Waals surface area contributed by atoms with Crippen LogP contribution in [0.5, 0.6) is 5.75 Å². The van der Waals surface area contributed by atoms with Gasteiger partial charge in [-0.3, -0.25) is 4.79 Å². The largest absolute Gasteiger partial charge is 0.494 e. The number of ether oxygens (including phenoxy) is 1. The average molecular weight is 270 g/mol. The molecule has 0 spiro atoms. The fraction of sp³-hybridized carbons (Fsp3) is 0.235. The predicted octanol–water partition coefficient (Wildman–Crippen LogP) is 3.75. The Morgan fingerprint density at radius 1 is 1.25 bits per heavy atom. The number of Topliss-reactive ketones (excluding diaryl/α,β-unsaturated/α-hetero) is 1. The van der Waals surface area contributed by atoms with E-state index in [1.165, 1.54) is 24.8 Å². The van der Waals surface area contributed by atoms with Gasteiger partial charge in [0.15, 0.2) is 17.3 Å². The topological polar surface area (TPSA) is 26.3 Å². The first-order valence-electron chi connectivity index (χ1n) is 6.66. The van der Waals surface area contributed by atoms with E-state index in [0.29, 0.717) is 5.56 Å². The highest BCUT2D eigenvalue weighted by molar-refractivity contribution is 6.01. The third-order valence-corrected chi connectivity index (χ3v) is 3.89. The van der Waals surface area contributed by atoms with Crippen LogP contribution in [0.3, 0.4) is 0 Å². The second-order valence-electron chi connectivity index (χ2n) is 5.00. The summed E-state index contributed by atoms with van der Waals surface area (Å²) in [5.74, 6) is -0.506. The van der Waals surface area contributed by atoms with Crippen LogP contribution in [0.4, 0.5) is 4.39 Å². The van der Waals surface area contributed by atoms with Crippen molar-refractivity contribution in [2.45, 2.75) is 18.8 Å². The van der Waals surface area contributed by atoms with Crippen LogP contribution in [0.15, 0.2) is 42.5 Å². The number of rotatable bonds is 3. The number of halogens is 1. The van der Waals surface area contributed by atoms with Crippen molar-refractivity contribution in [3.63, 3.8) is 0 Å². The molecule has 102 valence electrons. The molecule has 1 aliphatic carbocycles. The molecule has 1 unspecified atom stereocenters. The van der Waals surface area contributed by atoms with E-state index < -0.39 is 5.82 Å². The molecule has 2 aromatic rings. The van der Waals surface area contributed by atoms with Crippen LogP contribution >= 0.6 is 0 Å². The first-order chi connectivity index (χ1) is 9.70. The van der Waals surface area contributed by atoms with Gasteiger partial charge in [-0.1, -0.05) is 24.3 Å². The van der Waals surface area contributed by atoms with E-state index in [4.69, 9.17) is 4.74 Å².